The van der Waals surface area contributed by atoms with Gasteiger partial charge in [0, 0.05) is 64.7 Å². The summed E-state index contributed by atoms with van der Waals surface area (Å²) in [5.74, 6) is 0.394. The number of esters is 1. The van der Waals surface area contributed by atoms with Crippen LogP contribution in [0.15, 0.2) is 60.7 Å². The molecule has 0 saturated heterocycles. The Morgan fingerprint density at radius 3 is 2.35 bits per heavy atom. The molecular formula is C37H46N2O4. The Morgan fingerprint density at radius 2 is 1.65 bits per heavy atom. The lowest BCUT2D eigenvalue weighted by molar-refractivity contribution is 0.0246. The van der Waals surface area contributed by atoms with Gasteiger partial charge in [-0.3, -0.25) is 0 Å². The second-order valence-electron chi connectivity index (χ2n) is 11.4. The molecule has 0 amide bonds. The topological polar surface area (TPSA) is 63.8 Å². The average molecular weight is 583 g/mol. The van der Waals surface area contributed by atoms with E-state index in [1.165, 1.54) is 0 Å². The Balaban J connectivity index is 1.81. The SMILES string of the molecule is CCCCN(CCCC)c1ccc(C2(c3c(C)[nH]c4cccc(C(C)OCC)c34)OC(=O)c3ccccc32)c(OCC)c1. The summed E-state index contributed by atoms with van der Waals surface area (Å²) in [4.78, 5) is 19.8. The van der Waals surface area contributed by atoms with Crippen molar-refractivity contribution in [3.05, 3.63) is 94.2 Å². The summed E-state index contributed by atoms with van der Waals surface area (Å²) in [5, 5.41) is 1.02. The van der Waals surface area contributed by atoms with Crippen molar-refractivity contribution in [1.82, 2.24) is 4.98 Å². The minimum atomic E-state index is -1.21. The molecule has 5 rings (SSSR count). The van der Waals surface area contributed by atoms with E-state index in [0.29, 0.717) is 18.8 Å². The molecule has 0 bridgehead atoms. The van der Waals surface area contributed by atoms with Gasteiger partial charge in [0.05, 0.1) is 18.3 Å². The van der Waals surface area contributed by atoms with Gasteiger partial charge < -0.3 is 24.1 Å². The van der Waals surface area contributed by atoms with Crippen molar-refractivity contribution in [3.63, 3.8) is 0 Å². The largest absolute Gasteiger partial charge is 0.493 e. The highest BCUT2D eigenvalue weighted by atomic mass is 16.6. The predicted octanol–water partition coefficient (Wildman–Crippen LogP) is 8.84. The third-order valence-corrected chi connectivity index (χ3v) is 8.60. The zero-order valence-corrected chi connectivity index (χ0v) is 26.6. The number of H-pyrrole nitrogens is 1. The van der Waals surface area contributed by atoms with E-state index in [1.807, 2.05) is 38.1 Å². The van der Waals surface area contributed by atoms with Gasteiger partial charge in [0.15, 0.2) is 5.60 Å². The van der Waals surface area contributed by atoms with Crippen LogP contribution in [0, 0.1) is 6.92 Å². The number of ether oxygens (including phenoxy) is 3. The van der Waals surface area contributed by atoms with Crippen LogP contribution in [0.2, 0.25) is 0 Å². The van der Waals surface area contributed by atoms with Gasteiger partial charge in [-0.05, 0) is 70.4 Å². The van der Waals surface area contributed by atoms with Gasteiger partial charge in [-0.2, -0.15) is 0 Å². The lowest BCUT2D eigenvalue weighted by Gasteiger charge is -2.34. The smallest absolute Gasteiger partial charge is 0.340 e. The van der Waals surface area contributed by atoms with Gasteiger partial charge in [-0.25, -0.2) is 4.79 Å². The molecule has 2 atom stereocenters. The minimum Gasteiger partial charge on any atom is -0.493 e. The summed E-state index contributed by atoms with van der Waals surface area (Å²) in [6.07, 6.45) is 4.37. The van der Waals surface area contributed by atoms with Crippen LogP contribution in [-0.2, 0) is 15.1 Å². The van der Waals surface area contributed by atoms with Crippen molar-refractivity contribution in [2.45, 2.75) is 78.9 Å². The molecule has 0 aliphatic carbocycles. The number of aromatic nitrogens is 1. The molecule has 6 nitrogen and oxygen atoms in total. The van der Waals surface area contributed by atoms with Crippen LogP contribution in [0.1, 0.15) is 105 Å². The minimum absolute atomic E-state index is 0.147. The van der Waals surface area contributed by atoms with Gasteiger partial charge in [0.1, 0.15) is 5.75 Å². The first-order valence-electron chi connectivity index (χ1n) is 16.0. The molecule has 6 heteroatoms. The highest BCUT2D eigenvalue weighted by Crippen LogP contribution is 2.54. The first-order valence-corrected chi connectivity index (χ1v) is 16.0. The van der Waals surface area contributed by atoms with E-state index in [2.05, 4.69) is 74.0 Å². The molecule has 0 fully saturated rings. The van der Waals surface area contributed by atoms with Crippen LogP contribution >= 0.6 is 0 Å². The van der Waals surface area contributed by atoms with E-state index in [9.17, 15) is 4.79 Å². The first kappa shape index (κ1) is 30.7. The van der Waals surface area contributed by atoms with E-state index in [1.54, 1.807) is 0 Å². The van der Waals surface area contributed by atoms with Crippen LogP contribution in [0.3, 0.4) is 0 Å². The third kappa shape index (κ3) is 5.53. The Morgan fingerprint density at radius 1 is 0.907 bits per heavy atom. The van der Waals surface area contributed by atoms with Gasteiger partial charge in [0.25, 0.3) is 0 Å². The highest BCUT2D eigenvalue weighted by molar-refractivity contribution is 5.99. The number of aromatic amines is 1. The molecular weight excluding hydrogens is 536 g/mol. The molecule has 228 valence electrons. The maximum atomic E-state index is 13.7. The zero-order valence-electron chi connectivity index (χ0n) is 26.6. The second kappa shape index (κ2) is 13.3. The first-order chi connectivity index (χ1) is 20.9. The normalized spacial score (nSPS) is 16.7. The van der Waals surface area contributed by atoms with E-state index >= 15 is 0 Å². The molecule has 1 aliphatic rings. The number of anilines is 1. The van der Waals surface area contributed by atoms with Gasteiger partial charge in [-0.1, -0.05) is 57.0 Å². The number of carbonyl (C=O) groups excluding carboxylic acids is 1. The monoisotopic (exact) mass is 582 g/mol. The summed E-state index contributed by atoms with van der Waals surface area (Å²) >= 11 is 0. The Hall–Kier alpha value is -3.77. The quantitative estimate of drug-likeness (QED) is 0.151. The molecule has 2 unspecified atom stereocenters. The van der Waals surface area contributed by atoms with Crippen molar-refractivity contribution in [1.29, 1.82) is 0 Å². The predicted molar refractivity (Wildman–Crippen MR) is 174 cm³/mol. The van der Waals surface area contributed by atoms with Crippen LogP contribution in [-0.4, -0.2) is 37.3 Å². The Labute approximate surface area is 256 Å². The number of hydrogen-bond acceptors (Lipinski definition) is 5. The van der Waals surface area contributed by atoms with Crippen LogP contribution < -0.4 is 9.64 Å². The summed E-state index contributed by atoms with van der Waals surface area (Å²) in [6.45, 7) is 15.7. The fourth-order valence-electron chi connectivity index (χ4n) is 6.60. The highest BCUT2D eigenvalue weighted by Gasteiger charge is 2.52. The summed E-state index contributed by atoms with van der Waals surface area (Å²) in [7, 11) is 0. The van der Waals surface area contributed by atoms with E-state index < -0.39 is 5.60 Å². The standard InChI is InChI=1S/C37H46N2O4/c1-7-11-22-39(23-12-8-2)27-20-21-31(33(24-27)42-10-4)37(30-18-14-13-16-29(30)36(40)43-37)35-25(5)38-32-19-15-17-28(34(32)35)26(6)41-9-3/h13-21,24,26,38H,7-12,22-23H2,1-6H3. The van der Waals surface area contributed by atoms with Crippen molar-refractivity contribution in [2.24, 2.45) is 0 Å². The van der Waals surface area contributed by atoms with Crippen molar-refractivity contribution < 1.29 is 19.0 Å². The van der Waals surface area contributed by atoms with Crippen molar-refractivity contribution >= 4 is 22.6 Å². The molecule has 0 saturated carbocycles. The molecule has 2 heterocycles. The fraction of sp³-hybridized carbons (Fsp3) is 0.432. The molecule has 3 aromatic carbocycles. The number of hydrogen-bond donors (Lipinski definition) is 1. The number of benzene rings is 3. The van der Waals surface area contributed by atoms with Crippen LogP contribution in [0.25, 0.3) is 10.9 Å². The number of unbranched alkanes of at least 4 members (excludes halogenated alkanes) is 2. The molecule has 1 N–H and O–H groups in total. The molecule has 0 spiro atoms. The number of nitrogens with zero attached hydrogens (tertiary/aromatic N) is 1. The number of carbonyl (C=O) groups is 1. The Kier molecular flexibility index (Phi) is 9.46. The summed E-state index contributed by atoms with van der Waals surface area (Å²) in [6, 6.07) is 20.4. The van der Waals surface area contributed by atoms with Gasteiger partial charge in [-0.15, -0.1) is 0 Å². The zero-order chi connectivity index (χ0) is 30.6. The number of fused-ring (bicyclic) bond motifs is 2. The number of aryl methyl sites for hydroxylation is 1. The maximum absolute atomic E-state index is 13.7. The fourth-order valence-corrected chi connectivity index (χ4v) is 6.60. The van der Waals surface area contributed by atoms with E-state index in [4.69, 9.17) is 14.2 Å². The average Bonchev–Trinajstić information content (AvgIpc) is 3.51. The maximum Gasteiger partial charge on any atom is 0.340 e. The lowest BCUT2D eigenvalue weighted by atomic mass is 9.77. The second-order valence-corrected chi connectivity index (χ2v) is 11.4. The summed E-state index contributed by atoms with van der Waals surface area (Å²) < 4.78 is 19.2. The van der Waals surface area contributed by atoms with Crippen LogP contribution in [0.4, 0.5) is 5.69 Å². The third-order valence-electron chi connectivity index (χ3n) is 8.60. The number of nitrogens with one attached hydrogen (secondary N) is 1. The molecule has 1 aromatic heterocycles. The number of rotatable bonds is 14. The van der Waals surface area contributed by atoms with Crippen molar-refractivity contribution in [2.75, 3.05) is 31.2 Å². The lowest BCUT2D eigenvalue weighted by Crippen LogP contribution is -2.32. The van der Waals surface area contributed by atoms with E-state index in [-0.39, 0.29) is 12.1 Å². The molecule has 0 radical (unpaired) electrons. The summed E-state index contributed by atoms with van der Waals surface area (Å²) in [5.41, 5.74) is 6.04. The van der Waals surface area contributed by atoms with E-state index in [0.717, 1.165) is 89.1 Å². The van der Waals surface area contributed by atoms with Gasteiger partial charge >= 0.3 is 5.97 Å². The Bertz CT molecular complexity index is 1570. The molecule has 4 aromatic rings. The van der Waals surface area contributed by atoms with Crippen molar-refractivity contribution in [3.8, 4) is 5.75 Å². The molecule has 43 heavy (non-hydrogen) atoms. The molecule has 1 aliphatic heterocycles. The number of cyclic esters (lactones) is 1. The van der Waals surface area contributed by atoms with Gasteiger partial charge in [0.2, 0.25) is 0 Å². The van der Waals surface area contributed by atoms with Crippen LogP contribution in [0.5, 0.6) is 5.75 Å².